The van der Waals surface area contributed by atoms with Crippen molar-refractivity contribution in [3.63, 3.8) is 0 Å². The molecule has 0 bridgehead atoms. The summed E-state index contributed by atoms with van der Waals surface area (Å²) in [7, 11) is 0. The van der Waals surface area contributed by atoms with E-state index < -0.39 is 0 Å². The van der Waals surface area contributed by atoms with Crippen molar-refractivity contribution in [2.24, 2.45) is 0 Å². The molecule has 1 N–H and O–H groups in total. The molecule has 1 amide bonds. The standard InChI is InChI=1S/C16H23N5O2/c1-5-6-9-20-14(22)8-7-13(19-20)15(23)18-12-10-17-21(11-12)16(2,3)4/h7-8,10-11H,5-6,9H2,1-4H3,(H,18,23). The molecule has 0 saturated carbocycles. The summed E-state index contributed by atoms with van der Waals surface area (Å²) in [4.78, 5) is 24.0. The van der Waals surface area contributed by atoms with Gasteiger partial charge in [-0.3, -0.25) is 14.3 Å². The Hall–Kier alpha value is -2.44. The number of carbonyl (C=O) groups excluding carboxylic acids is 1. The number of carbonyl (C=O) groups is 1. The summed E-state index contributed by atoms with van der Waals surface area (Å²) < 4.78 is 3.11. The van der Waals surface area contributed by atoms with E-state index in [4.69, 9.17) is 0 Å². The maximum atomic E-state index is 12.3. The molecule has 7 nitrogen and oxygen atoms in total. The number of anilines is 1. The number of aryl methyl sites for hydroxylation is 1. The number of hydrogen-bond acceptors (Lipinski definition) is 4. The lowest BCUT2D eigenvalue weighted by Gasteiger charge is -2.18. The normalized spacial score (nSPS) is 11.5. The molecule has 0 fully saturated rings. The van der Waals surface area contributed by atoms with Crippen molar-refractivity contribution in [2.45, 2.75) is 52.6 Å². The van der Waals surface area contributed by atoms with Gasteiger partial charge in [0.1, 0.15) is 5.69 Å². The molecule has 0 unspecified atom stereocenters. The molecular weight excluding hydrogens is 294 g/mol. The first-order valence-corrected chi connectivity index (χ1v) is 7.76. The summed E-state index contributed by atoms with van der Waals surface area (Å²) in [5, 5.41) is 11.1. The number of nitrogens with one attached hydrogen (secondary N) is 1. The summed E-state index contributed by atoms with van der Waals surface area (Å²) >= 11 is 0. The fourth-order valence-corrected chi connectivity index (χ4v) is 1.99. The first-order chi connectivity index (χ1) is 10.8. The van der Waals surface area contributed by atoms with E-state index in [2.05, 4.69) is 15.5 Å². The van der Waals surface area contributed by atoms with Gasteiger partial charge in [-0.15, -0.1) is 0 Å². The summed E-state index contributed by atoms with van der Waals surface area (Å²) in [6.07, 6.45) is 5.16. The second kappa shape index (κ2) is 6.76. The summed E-state index contributed by atoms with van der Waals surface area (Å²) in [6, 6.07) is 2.81. The Labute approximate surface area is 135 Å². The number of amides is 1. The maximum Gasteiger partial charge on any atom is 0.276 e. The first kappa shape index (κ1) is 16.9. The molecule has 0 radical (unpaired) electrons. The number of rotatable bonds is 5. The highest BCUT2D eigenvalue weighted by molar-refractivity contribution is 6.02. The number of hydrogen-bond donors (Lipinski definition) is 1. The van der Waals surface area contributed by atoms with Crippen LogP contribution in [0.3, 0.4) is 0 Å². The Kier molecular flexibility index (Phi) is 4.98. The molecule has 2 rings (SSSR count). The van der Waals surface area contributed by atoms with Crippen LogP contribution in [0.1, 0.15) is 51.0 Å². The van der Waals surface area contributed by atoms with E-state index in [-0.39, 0.29) is 22.7 Å². The topological polar surface area (TPSA) is 81.8 Å². The second-order valence-corrected chi connectivity index (χ2v) is 6.43. The number of aromatic nitrogens is 4. The third-order valence-corrected chi connectivity index (χ3v) is 3.35. The van der Waals surface area contributed by atoms with Gasteiger partial charge in [0.15, 0.2) is 0 Å². The van der Waals surface area contributed by atoms with Crippen molar-refractivity contribution >= 4 is 11.6 Å². The van der Waals surface area contributed by atoms with Crippen LogP contribution in [-0.2, 0) is 12.1 Å². The molecule has 124 valence electrons. The van der Waals surface area contributed by atoms with Crippen LogP contribution in [0.15, 0.2) is 29.3 Å². The molecule has 2 aromatic heterocycles. The molecule has 0 saturated heterocycles. The van der Waals surface area contributed by atoms with E-state index in [9.17, 15) is 9.59 Å². The predicted octanol–water partition coefficient (Wildman–Crippen LogP) is 2.25. The molecule has 0 aromatic carbocycles. The van der Waals surface area contributed by atoms with Gasteiger partial charge in [-0.25, -0.2) is 4.68 Å². The highest BCUT2D eigenvalue weighted by atomic mass is 16.2. The zero-order valence-electron chi connectivity index (χ0n) is 14.0. The van der Waals surface area contributed by atoms with Crippen molar-refractivity contribution < 1.29 is 4.79 Å². The van der Waals surface area contributed by atoms with Gasteiger partial charge in [0.25, 0.3) is 11.5 Å². The zero-order valence-corrected chi connectivity index (χ0v) is 14.0. The van der Waals surface area contributed by atoms with Gasteiger partial charge in [-0.05, 0) is 33.3 Å². The summed E-state index contributed by atoms with van der Waals surface area (Å²) in [5.41, 5.74) is 0.451. The van der Waals surface area contributed by atoms with Crippen LogP contribution in [0, 0.1) is 0 Å². The second-order valence-electron chi connectivity index (χ2n) is 6.43. The minimum atomic E-state index is -0.358. The third kappa shape index (κ3) is 4.28. The minimum absolute atomic E-state index is 0.158. The SMILES string of the molecule is CCCCn1nc(C(=O)Nc2cnn(C(C)(C)C)c2)ccc1=O. The highest BCUT2D eigenvalue weighted by Gasteiger charge is 2.16. The lowest BCUT2D eigenvalue weighted by Crippen LogP contribution is -2.26. The van der Waals surface area contributed by atoms with E-state index in [1.807, 2.05) is 27.7 Å². The summed E-state index contributed by atoms with van der Waals surface area (Å²) in [5.74, 6) is -0.358. The van der Waals surface area contributed by atoms with Crippen LogP contribution in [0.2, 0.25) is 0 Å². The Balaban J connectivity index is 2.14. The predicted molar refractivity (Wildman–Crippen MR) is 88.6 cm³/mol. The third-order valence-electron chi connectivity index (χ3n) is 3.35. The van der Waals surface area contributed by atoms with Gasteiger partial charge >= 0.3 is 0 Å². The average Bonchev–Trinajstić information content (AvgIpc) is 2.95. The Bertz CT molecular complexity index is 739. The number of nitrogens with zero attached hydrogens (tertiary/aromatic N) is 4. The van der Waals surface area contributed by atoms with Crippen molar-refractivity contribution in [3.05, 3.63) is 40.6 Å². The van der Waals surface area contributed by atoms with Crippen molar-refractivity contribution in [1.29, 1.82) is 0 Å². The molecule has 0 spiro atoms. The molecule has 0 aliphatic rings. The van der Waals surface area contributed by atoms with E-state index in [1.54, 1.807) is 17.1 Å². The zero-order chi connectivity index (χ0) is 17.0. The largest absolute Gasteiger partial charge is 0.318 e. The van der Waals surface area contributed by atoms with E-state index in [1.165, 1.54) is 16.8 Å². The van der Waals surface area contributed by atoms with Crippen molar-refractivity contribution in [3.8, 4) is 0 Å². The van der Waals surface area contributed by atoms with Crippen LogP contribution in [0.5, 0.6) is 0 Å². The Morgan fingerprint density at radius 1 is 1.30 bits per heavy atom. The van der Waals surface area contributed by atoms with Gasteiger partial charge in [0.05, 0.1) is 17.4 Å². The molecular formula is C16H23N5O2. The average molecular weight is 317 g/mol. The fourth-order valence-electron chi connectivity index (χ4n) is 1.99. The van der Waals surface area contributed by atoms with Crippen LogP contribution in [0.4, 0.5) is 5.69 Å². The van der Waals surface area contributed by atoms with E-state index >= 15 is 0 Å². The van der Waals surface area contributed by atoms with E-state index in [0.29, 0.717) is 12.2 Å². The fraction of sp³-hybridized carbons (Fsp3) is 0.500. The van der Waals surface area contributed by atoms with Crippen molar-refractivity contribution in [2.75, 3.05) is 5.32 Å². The minimum Gasteiger partial charge on any atom is -0.318 e. The van der Waals surface area contributed by atoms with Gasteiger partial charge in [0.2, 0.25) is 0 Å². The lowest BCUT2D eigenvalue weighted by molar-refractivity contribution is 0.101. The monoisotopic (exact) mass is 317 g/mol. The van der Waals surface area contributed by atoms with Crippen LogP contribution < -0.4 is 10.9 Å². The molecule has 23 heavy (non-hydrogen) atoms. The number of unbranched alkanes of at least 4 members (excludes halogenated alkanes) is 1. The highest BCUT2D eigenvalue weighted by Crippen LogP contribution is 2.16. The van der Waals surface area contributed by atoms with Crippen LogP contribution >= 0.6 is 0 Å². The van der Waals surface area contributed by atoms with E-state index in [0.717, 1.165) is 12.8 Å². The van der Waals surface area contributed by atoms with Gasteiger partial charge in [-0.1, -0.05) is 13.3 Å². The van der Waals surface area contributed by atoms with Gasteiger partial charge in [-0.2, -0.15) is 10.2 Å². The van der Waals surface area contributed by atoms with Crippen LogP contribution in [0.25, 0.3) is 0 Å². The molecule has 0 aliphatic carbocycles. The Morgan fingerprint density at radius 2 is 2.04 bits per heavy atom. The maximum absolute atomic E-state index is 12.3. The molecule has 0 aliphatic heterocycles. The molecule has 2 heterocycles. The summed E-state index contributed by atoms with van der Waals surface area (Å²) in [6.45, 7) is 8.62. The lowest BCUT2D eigenvalue weighted by atomic mass is 10.1. The van der Waals surface area contributed by atoms with Gasteiger partial charge in [0, 0.05) is 18.8 Å². The quantitative estimate of drug-likeness (QED) is 0.917. The molecule has 2 aromatic rings. The van der Waals surface area contributed by atoms with Crippen molar-refractivity contribution in [1.82, 2.24) is 19.6 Å². The molecule has 7 heteroatoms. The molecule has 0 atom stereocenters. The Morgan fingerprint density at radius 3 is 2.65 bits per heavy atom. The van der Waals surface area contributed by atoms with Crippen LogP contribution in [-0.4, -0.2) is 25.5 Å². The first-order valence-electron chi connectivity index (χ1n) is 7.76. The smallest absolute Gasteiger partial charge is 0.276 e. The van der Waals surface area contributed by atoms with Gasteiger partial charge < -0.3 is 5.32 Å².